The highest BCUT2D eigenvalue weighted by atomic mass is 32.2. The van der Waals surface area contributed by atoms with Crippen LogP contribution in [0, 0.1) is 10.1 Å². The second kappa shape index (κ2) is 7.00. The number of fused-ring (bicyclic) bond motifs is 1. The van der Waals surface area contributed by atoms with E-state index in [0.717, 1.165) is 28.2 Å². The number of carbonyl (C=O) groups is 1. The van der Waals surface area contributed by atoms with Gasteiger partial charge in [0.15, 0.2) is 5.17 Å². The summed E-state index contributed by atoms with van der Waals surface area (Å²) in [7, 11) is 0. The van der Waals surface area contributed by atoms with Gasteiger partial charge in [0, 0.05) is 23.2 Å². The summed E-state index contributed by atoms with van der Waals surface area (Å²) >= 11 is 1.14. The third-order valence-electron chi connectivity index (χ3n) is 3.90. The molecule has 1 aliphatic heterocycles. The van der Waals surface area contributed by atoms with Crippen LogP contribution in [0.2, 0.25) is 0 Å². The van der Waals surface area contributed by atoms with Gasteiger partial charge in [-0.2, -0.15) is 0 Å². The monoisotopic (exact) mass is 376 g/mol. The Kier molecular flexibility index (Phi) is 4.39. The first kappa shape index (κ1) is 16.9. The van der Waals surface area contributed by atoms with Gasteiger partial charge in [-0.3, -0.25) is 19.9 Å². The number of aromatic nitrogens is 1. The maximum absolute atomic E-state index is 12.3. The van der Waals surface area contributed by atoms with E-state index in [1.807, 2.05) is 30.3 Å². The first-order valence-electron chi connectivity index (χ1n) is 7.98. The molecule has 1 N–H and O–H groups in total. The van der Waals surface area contributed by atoms with Gasteiger partial charge in [-0.25, -0.2) is 4.99 Å². The molecular formula is C19H12N4O3S. The number of hydrogen-bond donors (Lipinski definition) is 1. The maximum atomic E-state index is 12.3. The third-order valence-corrected chi connectivity index (χ3v) is 4.81. The van der Waals surface area contributed by atoms with E-state index in [0.29, 0.717) is 10.1 Å². The Balaban J connectivity index is 1.69. The largest absolute Gasteiger partial charge is 0.300 e. The number of nitro benzene ring substituents is 1. The molecule has 27 heavy (non-hydrogen) atoms. The summed E-state index contributed by atoms with van der Waals surface area (Å²) in [4.78, 5) is 32.0. The molecule has 3 aromatic rings. The van der Waals surface area contributed by atoms with Crippen molar-refractivity contribution in [3.8, 4) is 0 Å². The highest BCUT2D eigenvalue weighted by molar-refractivity contribution is 8.18. The molecule has 0 aliphatic carbocycles. The fourth-order valence-corrected chi connectivity index (χ4v) is 3.51. The number of para-hydroxylation sites is 3. The number of benzene rings is 2. The normalized spacial score (nSPS) is 16.8. The van der Waals surface area contributed by atoms with Crippen molar-refractivity contribution in [3.63, 3.8) is 0 Å². The molecule has 8 heteroatoms. The quantitative estimate of drug-likeness (QED) is 0.423. The van der Waals surface area contributed by atoms with Gasteiger partial charge >= 0.3 is 0 Å². The highest BCUT2D eigenvalue weighted by Gasteiger charge is 2.25. The molecule has 7 nitrogen and oxygen atoms in total. The number of thioether (sulfide) groups is 1. The van der Waals surface area contributed by atoms with Gasteiger partial charge in [-0.05, 0) is 30.0 Å². The van der Waals surface area contributed by atoms with E-state index in [4.69, 9.17) is 0 Å². The molecule has 1 amide bonds. The van der Waals surface area contributed by atoms with Crippen molar-refractivity contribution >= 4 is 51.2 Å². The van der Waals surface area contributed by atoms with Gasteiger partial charge in [-0.1, -0.05) is 36.4 Å². The molecule has 0 atom stereocenters. The number of nitrogens with one attached hydrogen (secondary N) is 1. The van der Waals surface area contributed by atoms with Crippen LogP contribution in [0.4, 0.5) is 11.4 Å². The average Bonchev–Trinajstić information content (AvgIpc) is 3.01. The van der Waals surface area contributed by atoms with Gasteiger partial charge in [-0.15, -0.1) is 0 Å². The Bertz CT molecular complexity index is 1140. The smallest absolute Gasteiger partial charge is 0.294 e. The molecule has 2 aromatic carbocycles. The van der Waals surface area contributed by atoms with Crippen molar-refractivity contribution in [2.24, 2.45) is 4.99 Å². The zero-order valence-electron chi connectivity index (χ0n) is 13.8. The number of amidine groups is 1. The fourth-order valence-electron chi connectivity index (χ4n) is 2.69. The molecule has 2 heterocycles. The van der Waals surface area contributed by atoms with Gasteiger partial charge in [0.25, 0.3) is 11.6 Å². The number of aliphatic imine (C=N–C) groups is 1. The molecule has 1 aliphatic rings. The number of carbonyl (C=O) groups excluding carboxylic acids is 1. The lowest BCUT2D eigenvalue weighted by Gasteiger charge is -2.01. The minimum absolute atomic E-state index is 0.115. The Morgan fingerprint density at radius 2 is 1.93 bits per heavy atom. The number of hydrogen-bond acceptors (Lipinski definition) is 6. The van der Waals surface area contributed by atoms with Crippen molar-refractivity contribution in [1.82, 2.24) is 10.3 Å². The van der Waals surface area contributed by atoms with Crippen LogP contribution in [0.3, 0.4) is 0 Å². The van der Waals surface area contributed by atoms with Crippen LogP contribution in [-0.4, -0.2) is 21.0 Å². The van der Waals surface area contributed by atoms with E-state index in [-0.39, 0.29) is 17.3 Å². The van der Waals surface area contributed by atoms with Crippen LogP contribution in [0.5, 0.6) is 0 Å². The number of nitrogens with zero attached hydrogens (tertiary/aromatic N) is 3. The van der Waals surface area contributed by atoms with E-state index in [9.17, 15) is 14.9 Å². The minimum Gasteiger partial charge on any atom is -0.300 e. The van der Waals surface area contributed by atoms with Crippen molar-refractivity contribution in [2.75, 3.05) is 0 Å². The van der Waals surface area contributed by atoms with E-state index < -0.39 is 4.92 Å². The lowest BCUT2D eigenvalue weighted by Crippen LogP contribution is -2.19. The third kappa shape index (κ3) is 3.42. The minimum atomic E-state index is -0.501. The zero-order valence-corrected chi connectivity index (χ0v) is 14.6. The SMILES string of the molecule is O=C1NC(=Nc2ccccc2[N+](=O)[O-])SC1=Cc1cccc2cccnc12. The molecule has 0 unspecified atom stereocenters. The second-order valence-electron chi connectivity index (χ2n) is 5.65. The number of pyridine rings is 1. The van der Waals surface area contributed by atoms with Gasteiger partial charge < -0.3 is 5.32 Å². The van der Waals surface area contributed by atoms with Crippen molar-refractivity contribution in [3.05, 3.63) is 81.4 Å². The van der Waals surface area contributed by atoms with Crippen LogP contribution >= 0.6 is 11.8 Å². The Morgan fingerprint density at radius 1 is 1.11 bits per heavy atom. The zero-order chi connectivity index (χ0) is 18.8. The van der Waals surface area contributed by atoms with E-state index >= 15 is 0 Å². The van der Waals surface area contributed by atoms with Crippen LogP contribution < -0.4 is 5.32 Å². The molecular weight excluding hydrogens is 364 g/mol. The standard InChI is InChI=1S/C19H12N4O3S/c24-18-16(11-13-6-3-5-12-7-4-10-20-17(12)13)27-19(22-18)21-14-8-1-2-9-15(14)23(25)26/h1-11H,(H,21,22,24). The summed E-state index contributed by atoms with van der Waals surface area (Å²) < 4.78 is 0. The van der Waals surface area contributed by atoms with Gasteiger partial charge in [0.05, 0.1) is 15.3 Å². The predicted octanol–water partition coefficient (Wildman–Crippen LogP) is 4.03. The topological polar surface area (TPSA) is 97.5 Å². The van der Waals surface area contributed by atoms with Gasteiger partial charge in [0.2, 0.25) is 0 Å². The van der Waals surface area contributed by atoms with Crippen LogP contribution in [-0.2, 0) is 4.79 Å². The molecule has 1 aromatic heterocycles. The summed E-state index contributed by atoms with van der Waals surface area (Å²) in [5.74, 6) is -0.301. The van der Waals surface area contributed by atoms with E-state index in [1.165, 1.54) is 12.1 Å². The van der Waals surface area contributed by atoms with Crippen LogP contribution in [0.1, 0.15) is 5.56 Å². The number of amides is 1. The molecule has 0 spiro atoms. The molecule has 4 rings (SSSR count). The number of nitro groups is 1. The van der Waals surface area contributed by atoms with Crippen LogP contribution in [0.15, 0.2) is 70.7 Å². The first-order valence-corrected chi connectivity index (χ1v) is 8.80. The molecule has 0 saturated carbocycles. The highest BCUT2D eigenvalue weighted by Crippen LogP contribution is 2.32. The van der Waals surface area contributed by atoms with E-state index in [1.54, 1.807) is 24.4 Å². The lowest BCUT2D eigenvalue weighted by molar-refractivity contribution is -0.384. The average molecular weight is 376 g/mol. The Morgan fingerprint density at radius 3 is 2.78 bits per heavy atom. The number of rotatable bonds is 3. The molecule has 1 saturated heterocycles. The van der Waals surface area contributed by atoms with E-state index in [2.05, 4.69) is 15.3 Å². The predicted molar refractivity (Wildman–Crippen MR) is 106 cm³/mol. The fraction of sp³-hybridized carbons (Fsp3) is 0. The lowest BCUT2D eigenvalue weighted by atomic mass is 10.1. The van der Waals surface area contributed by atoms with Crippen LogP contribution in [0.25, 0.3) is 17.0 Å². The Hall–Kier alpha value is -3.52. The van der Waals surface area contributed by atoms with Crippen molar-refractivity contribution < 1.29 is 9.72 Å². The van der Waals surface area contributed by atoms with Crippen molar-refractivity contribution in [1.29, 1.82) is 0 Å². The summed E-state index contributed by atoms with van der Waals surface area (Å²) in [5.41, 5.74) is 1.69. The molecule has 1 fully saturated rings. The molecule has 0 radical (unpaired) electrons. The summed E-state index contributed by atoms with van der Waals surface area (Å²) in [5, 5.41) is 15.0. The van der Waals surface area contributed by atoms with Crippen molar-refractivity contribution in [2.45, 2.75) is 0 Å². The first-order chi connectivity index (χ1) is 13.1. The second-order valence-corrected chi connectivity index (χ2v) is 6.68. The summed E-state index contributed by atoms with van der Waals surface area (Å²) in [6, 6.07) is 15.7. The summed E-state index contributed by atoms with van der Waals surface area (Å²) in [6.07, 6.45) is 3.45. The molecule has 0 bridgehead atoms. The maximum Gasteiger partial charge on any atom is 0.294 e. The van der Waals surface area contributed by atoms with Gasteiger partial charge in [0.1, 0.15) is 5.69 Å². The Labute approximate surface area is 158 Å². The summed E-state index contributed by atoms with van der Waals surface area (Å²) in [6.45, 7) is 0. The molecule has 132 valence electrons.